The van der Waals surface area contributed by atoms with Gasteiger partial charge in [-0.15, -0.1) is 0 Å². The first-order chi connectivity index (χ1) is 6.77. The molecule has 74 valence electrons. The summed E-state index contributed by atoms with van der Waals surface area (Å²) in [6.45, 7) is 1.10. The van der Waals surface area contributed by atoms with Crippen molar-refractivity contribution in [1.82, 2.24) is 0 Å². The van der Waals surface area contributed by atoms with Crippen molar-refractivity contribution >= 4 is 11.8 Å². The van der Waals surface area contributed by atoms with Gasteiger partial charge in [0.1, 0.15) is 5.82 Å². The number of hydrogen-bond acceptors (Lipinski definition) is 2. The summed E-state index contributed by atoms with van der Waals surface area (Å²) in [5.41, 5.74) is 0.677. The molecule has 1 aromatic rings. The highest BCUT2D eigenvalue weighted by molar-refractivity contribution is 5.88. The van der Waals surface area contributed by atoms with Crippen LogP contribution in [0.4, 0.5) is 14.9 Å². The van der Waals surface area contributed by atoms with Crippen molar-refractivity contribution in [3.63, 3.8) is 0 Å². The molecular formula is C10H10FNO2. The molecule has 3 nitrogen and oxygen atoms in total. The van der Waals surface area contributed by atoms with E-state index in [-0.39, 0.29) is 11.9 Å². The summed E-state index contributed by atoms with van der Waals surface area (Å²) in [5.74, 6) is -0.306. The normalized spacial score (nSPS) is 16.6. The molecule has 0 N–H and O–H groups in total. The first-order valence-electron chi connectivity index (χ1n) is 4.47. The number of anilines is 1. The predicted octanol–water partition coefficient (Wildman–Crippen LogP) is 2.17. The maximum absolute atomic E-state index is 12.6. The number of carbonyl (C=O) groups is 1. The minimum Gasteiger partial charge on any atom is -0.449 e. The molecule has 4 heteroatoms. The minimum absolute atomic E-state index is 0.306. The van der Waals surface area contributed by atoms with Crippen molar-refractivity contribution in [2.24, 2.45) is 0 Å². The van der Waals surface area contributed by atoms with Crippen molar-refractivity contribution in [2.45, 2.75) is 6.42 Å². The fraction of sp³-hybridized carbons (Fsp3) is 0.300. The summed E-state index contributed by atoms with van der Waals surface area (Å²) < 4.78 is 17.5. The Morgan fingerprint density at radius 1 is 1.29 bits per heavy atom. The highest BCUT2D eigenvalue weighted by Crippen LogP contribution is 2.18. The van der Waals surface area contributed by atoms with E-state index >= 15 is 0 Å². The van der Waals surface area contributed by atoms with Crippen LogP contribution in [0.3, 0.4) is 0 Å². The standard InChI is InChI=1S/C10H10FNO2/c11-8-2-4-9(5-3-8)12-6-1-7-14-10(12)13/h2-5H,1,6-7H2. The molecule has 1 heterocycles. The average molecular weight is 195 g/mol. The Bertz CT molecular complexity index is 336. The molecule has 1 amide bonds. The van der Waals surface area contributed by atoms with Gasteiger partial charge in [-0.25, -0.2) is 9.18 Å². The van der Waals surface area contributed by atoms with Crippen molar-refractivity contribution in [1.29, 1.82) is 0 Å². The van der Waals surface area contributed by atoms with Gasteiger partial charge in [-0.1, -0.05) is 0 Å². The maximum Gasteiger partial charge on any atom is 0.414 e. The Kier molecular flexibility index (Phi) is 2.35. The largest absolute Gasteiger partial charge is 0.449 e. The molecule has 2 rings (SSSR count). The van der Waals surface area contributed by atoms with Crippen LogP contribution in [-0.2, 0) is 4.74 Å². The fourth-order valence-corrected chi connectivity index (χ4v) is 1.41. The average Bonchev–Trinajstić information content (AvgIpc) is 2.20. The van der Waals surface area contributed by atoms with Gasteiger partial charge in [0.05, 0.1) is 6.61 Å². The van der Waals surface area contributed by atoms with Gasteiger partial charge >= 0.3 is 6.09 Å². The second-order valence-corrected chi connectivity index (χ2v) is 3.10. The van der Waals surface area contributed by atoms with E-state index in [2.05, 4.69) is 0 Å². The van der Waals surface area contributed by atoms with Crippen molar-refractivity contribution in [2.75, 3.05) is 18.1 Å². The monoisotopic (exact) mass is 195 g/mol. The third-order valence-corrected chi connectivity index (χ3v) is 2.11. The van der Waals surface area contributed by atoms with E-state index in [1.165, 1.54) is 17.0 Å². The quantitative estimate of drug-likeness (QED) is 0.687. The Balaban J connectivity index is 2.20. The molecule has 0 atom stereocenters. The second kappa shape index (κ2) is 3.65. The third-order valence-electron chi connectivity index (χ3n) is 2.11. The fourth-order valence-electron chi connectivity index (χ4n) is 1.41. The molecule has 0 radical (unpaired) electrons. The van der Waals surface area contributed by atoms with Gasteiger partial charge < -0.3 is 4.74 Å². The van der Waals surface area contributed by atoms with Gasteiger partial charge in [-0.3, -0.25) is 4.90 Å². The zero-order valence-electron chi connectivity index (χ0n) is 7.57. The number of amides is 1. The molecule has 1 aliphatic heterocycles. The molecule has 1 fully saturated rings. The minimum atomic E-state index is -0.358. The molecule has 1 aliphatic rings. The van der Waals surface area contributed by atoms with Crippen molar-refractivity contribution < 1.29 is 13.9 Å². The van der Waals surface area contributed by atoms with Gasteiger partial charge in [0.2, 0.25) is 0 Å². The zero-order chi connectivity index (χ0) is 9.97. The SMILES string of the molecule is O=C1OCCCN1c1ccc(F)cc1. The number of nitrogens with zero attached hydrogens (tertiary/aromatic N) is 1. The van der Waals surface area contributed by atoms with E-state index in [9.17, 15) is 9.18 Å². The highest BCUT2D eigenvalue weighted by Gasteiger charge is 2.20. The molecule has 0 saturated carbocycles. The van der Waals surface area contributed by atoms with Gasteiger partial charge in [0, 0.05) is 12.2 Å². The van der Waals surface area contributed by atoms with Crippen LogP contribution in [0.2, 0.25) is 0 Å². The number of cyclic esters (lactones) is 1. The summed E-state index contributed by atoms with van der Waals surface area (Å²) in [5, 5.41) is 0. The van der Waals surface area contributed by atoms with Crippen LogP contribution in [0.5, 0.6) is 0 Å². The van der Waals surface area contributed by atoms with E-state index in [1.54, 1.807) is 12.1 Å². The van der Waals surface area contributed by atoms with Crippen LogP contribution in [0.1, 0.15) is 6.42 Å². The lowest BCUT2D eigenvalue weighted by molar-refractivity contribution is 0.140. The lowest BCUT2D eigenvalue weighted by Crippen LogP contribution is -2.37. The van der Waals surface area contributed by atoms with Crippen LogP contribution in [0.15, 0.2) is 24.3 Å². The van der Waals surface area contributed by atoms with Gasteiger partial charge in [-0.2, -0.15) is 0 Å². The lowest BCUT2D eigenvalue weighted by Gasteiger charge is -2.26. The molecule has 0 aromatic heterocycles. The van der Waals surface area contributed by atoms with Crippen LogP contribution >= 0.6 is 0 Å². The van der Waals surface area contributed by atoms with Gasteiger partial charge in [0.25, 0.3) is 0 Å². The molecule has 1 aromatic carbocycles. The highest BCUT2D eigenvalue weighted by atomic mass is 19.1. The Morgan fingerprint density at radius 3 is 2.64 bits per heavy atom. The first kappa shape index (κ1) is 8.99. The van der Waals surface area contributed by atoms with E-state index in [0.717, 1.165) is 6.42 Å². The van der Waals surface area contributed by atoms with E-state index in [0.29, 0.717) is 18.8 Å². The Morgan fingerprint density at radius 2 is 2.00 bits per heavy atom. The number of rotatable bonds is 1. The molecule has 0 bridgehead atoms. The number of carbonyl (C=O) groups excluding carboxylic acids is 1. The molecular weight excluding hydrogens is 185 g/mol. The first-order valence-corrected chi connectivity index (χ1v) is 4.47. The van der Waals surface area contributed by atoms with Gasteiger partial charge in [-0.05, 0) is 30.7 Å². The zero-order valence-corrected chi connectivity index (χ0v) is 7.57. The van der Waals surface area contributed by atoms with Crippen molar-refractivity contribution in [3.8, 4) is 0 Å². The van der Waals surface area contributed by atoms with Gasteiger partial charge in [0.15, 0.2) is 0 Å². The summed E-state index contributed by atoms with van der Waals surface area (Å²) in [4.78, 5) is 12.8. The summed E-state index contributed by atoms with van der Waals surface area (Å²) >= 11 is 0. The topological polar surface area (TPSA) is 29.5 Å². The van der Waals surface area contributed by atoms with Crippen LogP contribution < -0.4 is 4.90 Å². The molecule has 14 heavy (non-hydrogen) atoms. The molecule has 1 saturated heterocycles. The Hall–Kier alpha value is -1.58. The molecule has 0 spiro atoms. The lowest BCUT2D eigenvalue weighted by atomic mass is 10.2. The third kappa shape index (κ3) is 1.69. The molecule has 0 aliphatic carbocycles. The number of benzene rings is 1. The van der Waals surface area contributed by atoms with E-state index < -0.39 is 0 Å². The summed E-state index contributed by atoms with van der Waals surface area (Å²) in [6.07, 6.45) is 0.450. The Labute approximate surface area is 81.1 Å². The second-order valence-electron chi connectivity index (χ2n) is 3.10. The van der Waals surface area contributed by atoms with Crippen LogP contribution in [0.25, 0.3) is 0 Å². The maximum atomic E-state index is 12.6. The van der Waals surface area contributed by atoms with Crippen LogP contribution in [-0.4, -0.2) is 19.2 Å². The number of hydrogen-bond donors (Lipinski definition) is 0. The summed E-state index contributed by atoms with van der Waals surface area (Å²) in [6, 6.07) is 5.80. The smallest absolute Gasteiger partial charge is 0.414 e. The number of ether oxygens (including phenoxy) is 1. The number of halogens is 1. The predicted molar refractivity (Wildman–Crippen MR) is 49.7 cm³/mol. The van der Waals surface area contributed by atoms with E-state index in [4.69, 9.17) is 4.74 Å². The van der Waals surface area contributed by atoms with Crippen molar-refractivity contribution in [3.05, 3.63) is 30.1 Å². The molecule has 0 unspecified atom stereocenters. The van der Waals surface area contributed by atoms with Crippen LogP contribution in [0, 0.1) is 5.82 Å². The van der Waals surface area contributed by atoms with E-state index in [1.807, 2.05) is 0 Å². The summed E-state index contributed by atoms with van der Waals surface area (Å²) in [7, 11) is 0.